The molecule has 1 aliphatic carbocycles. The van der Waals surface area contributed by atoms with Gasteiger partial charge in [-0.2, -0.15) is 0 Å². The van der Waals surface area contributed by atoms with Crippen molar-refractivity contribution in [3.05, 3.63) is 35.4 Å². The highest BCUT2D eigenvalue weighted by Gasteiger charge is 2.32. The number of nitrogens with zero attached hydrogens (tertiary/aromatic N) is 1. The number of carbonyl (C=O) groups is 1. The molecule has 1 fully saturated rings. The van der Waals surface area contributed by atoms with Crippen molar-refractivity contribution < 1.29 is 4.79 Å². The van der Waals surface area contributed by atoms with Gasteiger partial charge in [0.05, 0.1) is 0 Å². The first-order valence-electron chi connectivity index (χ1n) is 8.91. The van der Waals surface area contributed by atoms with Gasteiger partial charge in [0.2, 0.25) is 0 Å². The summed E-state index contributed by atoms with van der Waals surface area (Å²) in [5, 5.41) is 3.09. The van der Waals surface area contributed by atoms with E-state index >= 15 is 0 Å². The summed E-state index contributed by atoms with van der Waals surface area (Å²) < 4.78 is 0. The van der Waals surface area contributed by atoms with Crippen LogP contribution in [0, 0.1) is 5.92 Å². The van der Waals surface area contributed by atoms with E-state index in [0.717, 1.165) is 25.8 Å². The molecule has 0 bridgehead atoms. The molecule has 3 nitrogen and oxygen atoms in total. The minimum absolute atomic E-state index is 0.104. The molecule has 0 spiro atoms. The molecule has 0 saturated heterocycles. The van der Waals surface area contributed by atoms with E-state index in [1.165, 1.54) is 11.1 Å². The Labute approximate surface area is 141 Å². The quantitative estimate of drug-likeness (QED) is 0.831. The molecule has 128 valence electrons. The number of hydrogen-bond acceptors (Lipinski definition) is 1. The van der Waals surface area contributed by atoms with Crippen LogP contribution < -0.4 is 5.32 Å². The van der Waals surface area contributed by atoms with Crippen LogP contribution in [-0.2, 0) is 11.8 Å². The highest BCUT2D eigenvalue weighted by atomic mass is 16.2. The lowest BCUT2D eigenvalue weighted by atomic mass is 9.86. The van der Waals surface area contributed by atoms with Gasteiger partial charge in [-0.15, -0.1) is 0 Å². The second-order valence-electron chi connectivity index (χ2n) is 8.21. The van der Waals surface area contributed by atoms with Gasteiger partial charge in [-0.05, 0) is 41.7 Å². The average molecular weight is 316 g/mol. The molecule has 3 heteroatoms. The zero-order valence-electron chi connectivity index (χ0n) is 15.4. The smallest absolute Gasteiger partial charge is 0.317 e. The third-order valence-electron chi connectivity index (χ3n) is 4.32. The van der Waals surface area contributed by atoms with E-state index in [9.17, 15) is 4.79 Å². The van der Waals surface area contributed by atoms with E-state index in [1.54, 1.807) is 0 Å². The molecular formula is C20H32N2O. The van der Waals surface area contributed by atoms with Crippen LogP contribution in [0.25, 0.3) is 0 Å². The topological polar surface area (TPSA) is 32.3 Å². The minimum Gasteiger partial charge on any atom is -0.338 e. The van der Waals surface area contributed by atoms with Gasteiger partial charge in [0.1, 0.15) is 0 Å². The Kier molecular flexibility index (Phi) is 5.72. The van der Waals surface area contributed by atoms with E-state index in [1.807, 2.05) is 4.90 Å². The van der Waals surface area contributed by atoms with Crippen LogP contribution in [0.5, 0.6) is 0 Å². The van der Waals surface area contributed by atoms with Gasteiger partial charge in [-0.3, -0.25) is 0 Å². The van der Waals surface area contributed by atoms with Crippen LogP contribution in [0.4, 0.5) is 4.79 Å². The molecule has 1 aliphatic rings. The predicted octanol–water partition coefficient (Wildman–Crippen LogP) is 4.36. The summed E-state index contributed by atoms with van der Waals surface area (Å²) in [6.07, 6.45) is 3.21. The monoisotopic (exact) mass is 316 g/mol. The molecule has 0 heterocycles. The van der Waals surface area contributed by atoms with E-state index in [4.69, 9.17) is 0 Å². The number of carbonyl (C=O) groups excluding carboxylic acids is 1. The average Bonchev–Trinajstić information content (AvgIpc) is 3.28. The molecular weight excluding hydrogens is 284 g/mol. The number of hydrogen-bond donors (Lipinski definition) is 1. The minimum atomic E-state index is 0.104. The first kappa shape index (κ1) is 17.8. The van der Waals surface area contributed by atoms with Crippen molar-refractivity contribution in [2.45, 2.75) is 65.3 Å². The number of nitrogens with one attached hydrogen (secondary N) is 1. The lowest BCUT2D eigenvalue weighted by molar-refractivity contribution is 0.187. The van der Waals surface area contributed by atoms with E-state index in [-0.39, 0.29) is 11.4 Å². The fraction of sp³-hybridized carbons (Fsp3) is 0.650. The fourth-order valence-corrected chi connectivity index (χ4v) is 2.76. The van der Waals surface area contributed by atoms with Crippen molar-refractivity contribution in [3.63, 3.8) is 0 Å². The molecule has 2 rings (SSSR count). The first-order chi connectivity index (χ1) is 10.8. The molecule has 0 radical (unpaired) electrons. The van der Waals surface area contributed by atoms with Gasteiger partial charge < -0.3 is 10.2 Å². The molecule has 23 heavy (non-hydrogen) atoms. The van der Waals surface area contributed by atoms with Crippen molar-refractivity contribution >= 4 is 6.03 Å². The third-order valence-corrected chi connectivity index (χ3v) is 4.32. The standard InChI is InChI=1S/C20H32N2O/c1-15(2)14-22(18-10-11-18)19(23)21-13-12-16-6-8-17(9-7-16)20(3,4)5/h6-9,15,18H,10-14H2,1-5H3,(H,21,23). The highest BCUT2D eigenvalue weighted by Crippen LogP contribution is 2.27. The number of benzene rings is 1. The van der Waals surface area contributed by atoms with Crippen LogP contribution in [0.1, 0.15) is 58.6 Å². The SMILES string of the molecule is CC(C)CN(C(=O)NCCc1ccc(C(C)(C)C)cc1)C1CC1. The molecule has 1 aromatic rings. The second-order valence-corrected chi connectivity index (χ2v) is 8.21. The van der Waals surface area contributed by atoms with Gasteiger partial charge in [-0.1, -0.05) is 58.9 Å². The number of amides is 2. The van der Waals surface area contributed by atoms with Crippen LogP contribution in [0.3, 0.4) is 0 Å². The maximum Gasteiger partial charge on any atom is 0.317 e. The van der Waals surface area contributed by atoms with Gasteiger partial charge in [0.15, 0.2) is 0 Å². The van der Waals surface area contributed by atoms with E-state index in [2.05, 4.69) is 64.2 Å². The molecule has 0 unspecified atom stereocenters. The lowest BCUT2D eigenvalue weighted by Crippen LogP contribution is -2.43. The Morgan fingerprint density at radius 1 is 1.22 bits per heavy atom. The Bertz CT molecular complexity index is 509. The summed E-state index contributed by atoms with van der Waals surface area (Å²) in [7, 11) is 0. The van der Waals surface area contributed by atoms with Crippen molar-refractivity contribution in [1.29, 1.82) is 0 Å². The van der Waals surface area contributed by atoms with Crippen LogP contribution >= 0.6 is 0 Å². The number of urea groups is 1. The highest BCUT2D eigenvalue weighted by molar-refractivity contribution is 5.74. The van der Waals surface area contributed by atoms with Crippen LogP contribution in [-0.4, -0.2) is 30.1 Å². The zero-order valence-corrected chi connectivity index (χ0v) is 15.4. The fourth-order valence-electron chi connectivity index (χ4n) is 2.76. The van der Waals surface area contributed by atoms with Crippen molar-refractivity contribution in [3.8, 4) is 0 Å². The van der Waals surface area contributed by atoms with Crippen LogP contribution in [0.15, 0.2) is 24.3 Å². The molecule has 1 N–H and O–H groups in total. The van der Waals surface area contributed by atoms with E-state index < -0.39 is 0 Å². The van der Waals surface area contributed by atoms with Crippen molar-refractivity contribution in [1.82, 2.24) is 10.2 Å². The van der Waals surface area contributed by atoms with Gasteiger partial charge in [0.25, 0.3) is 0 Å². The number of rotatable bonds is 6. The third kappa shape index (κ3) is 5.56. The van der Waals surface area contributed by atoms with Gasteiger partial charge in [-0.25, -0.2) is 4.79 Å². The maximum absolute atomic E-state index is 12.4. The Morgan fingerprint density at radius 2 is 1.83 bits per heavy atom. The first-order valence-corrected chi connectivity index (χ1v) is 8.91. The van der Waals surface area contributed by atoms with Crippen molar-refractivity contribution in [2.24, 2.45) is 5.92 Å². The molecule has 0 aromatic heterocycles. The molecule has 2 amide bonds. The molecule has 1 aromatic carbocycles. The van der Waals surface area contributed by atoms with Gasteiger partial charge in [0, 0.05) is 19.1 Å². The van der Waals surface area contributed by atoms with Gasteiger partial charge >= 0.3 is 6.03 Å². The lowest BCUT2D eigenvalue weighted by Gasteiger charge is -2.24. The summed E-state index contributed by atoms with van der Waals surface area (Å²) in [6.45, 7) is 12.6. The Hall–Kier alpha value is -1.51. The summed E-state index contributed by atoms with van der Waals surface area (Å²) in [4.78, 5) is 14.4. The van der Waals surface area contributed by atoms with E-state index in [0.29, 0.717) is 18.5 Å². The predicted molar refractivity (Wildman–Crippen MR) is 96.8 cm³/mol. The molecule has 0 atom stereocenters. The summed E-state index contributed by atoms with van der Waals surface area (Å²) in [6, 6.07) is 9.34. The normalized spacial score (nSPS) is 14.9. The van der Waals surface area contributed by atoms with Crippen LogP contribution in [0.2, 0.25) is 0 Å². The Morgan fingerprint density at radius 3 is 2.30 bits per heavy atom. The molecule has 1 saturated carbocycles. The second kappa shape index (κ2) is 7.37. The largest absolute Gasteiger partial charge is 0.338 e. The molecule has 0 aliphatic heterocycles. The summed E-state index contributed by atoms with van der Waals surface area (Å²) in [5.74, 6) is 0.520. The zero-order chi connectivity index (χ0) is 17.0. The Balaban J connectivity index is 1.80. The summed E-state index contributed by atoms with van der Waals surface area (Å²) >= 11 is 0. The maximum atomic E-state index is 12.4. The van der Waals surface area contributed by atoms with Crippen molar-refractivity contribution in [2.75, 3.05) is 13.1 Å². The summed E-state index contributed by atoms with van der Waals surface area (Å²) in [5.41, 5.74) is 2.82.